The molecule has 9 nitrogen and oxygen atoms in total. The van der Waals surface area contributed by atoms with E-state index in [1.807, 2.05) is 23.1 Å². The van der Waals surface area contributed by atoms with Gasteiger partial charge in [-0.3, -0.25) is 9.59 Å². The highest BCUT2D eigenvalue weighted by molar-refractivity contribution is 5.92. The van der Waals surface area contributed by atoms with Crippen LogP contribution in [0.2, 0.25) is 0 Å². The van der Waals surface area contributed by atoms with Crippen molar-refractivity contribution in [2.24, 2.45) is 5.92 Å². The molecule has 0 saturated carbocycles. The second kappa shape index (κ2) is 10.2. The van der Waals surface area contributed by atoms with Crippen molar-refractivity contribution in [3.05, 3.63) is 23.8 Å². The number of aliphatic hydroxyl groups is 1. The molecule has 4 aliphatic rings. The molecule has 5 rings (SSSR count). The van der Waals surface area contributed by atoms with Crippen LogP contribution in [0.3, 0.4) is 0 Å². The lowest BCUT2D eigenvalue weighted by atomic mass is 9.84. The van der Waals surface area contributed by atoms with Gasteiger partial charge in [-0.2, -0.15) is 0 Å². The van der Waals surface area contributed by atoms with Gasteiger partial charge in [0.1, 0.15) is 18.0 Å². The first-order valence-electron chi connectivity index (χ1n) is 12.4. The lowest BCUT2D eigenvalue weighted by molar-refractivity contribution is -0.150. The van der Waals surface area contributed by atoms with Crippen molar-refractivity contribution in [3.63, 3.8) is 0 Å². The molecule has 2 amide bonds. The molecule has 4 heterocycles. The van der Waals surface area contributed by atoms with Crippen LogP contribution in [0.15, 0.2) is 18.2 Å². The van der Waals surface area contributed by atoms with Crippen LogP contribution < -0.4 is 10.1 Å². The molecular weight excluding hydrogens is 438 g/mol. The van der Waals surface area contributed by atoms with Gasteiger partial charge in [0.25, 0.3) is 0 Å². The maximum Gasteiger partial charge on any atom is 0.227 e. The summed E-state index contributed by atoms with van der Waals surface area (Å²) < 4.78 is 17.6. The Morgan fingerprint density at radius 2 is 1.91 bits per heavy atom. The molecule has 0 aliphatic carbocycles. The van der Waals surface area contributed by atoms with Gasteiger partial charge in [-0.1, -0.05) is 0 Å². The molecule has 4 aliphatic heterocycles. The third-order valence-corrected chi connectivity index (χ3v) is 7.62. The van der Waals surface area contributed by atoms with Crippen molar-refractivity contribution in [2.75, 3.05) is 58.4 Å². The van der Waals surface area contributed by atoms with Crippen LogP contribution >= 0.6 is 0 Å². The van der Waals surface area contributed by atoms with Crippen molar-refractivity contribution in [1.82, 2.24) is 9.80 Å². The summed E-state index contributed by atoms with van der Waals surface area (Å²) in [6, 6.07) is 5.72. The zero-order chi connectivity index (χ0) is 23.7. The zero-order valence-electron chi connectivity index (χ0n) is 19.8. The fourth-order valence-electron chi connectivity index (χ4n) is 5.55. The minimum Gasteiger partial charge on any atom is -0.487 e. The first kappa shape index (κ1) is 23.5. The zero-order valence-corrected chi connectivity index (χ0v) is 19.8. The lowest BCUT2D eigenvalue weighted by Gasteiger charge is -2.38. The van der Waals surface area contributed by atoms with Gasteiger partial charge in [-0.25, -0.2) is 0 Å². The van der Waals surface area contributed by atoms with Gasteiger partial charge in [-0.15, -0.1) is 0 Å². The van der Waals surface area contributed by atoms with Crippen molar-refractivity contribution >= 4 is 17.5 Å². The Hall–Kier alpha value is -2.20. The van der Waals surface area contributed by atoms with Crippen LogP contribution in [0.1, 0.15) is 37.2 Å². The second-order valence-corrected chi connectivity index (χ2v) is 9.92. The molecule has 4 atom stereocenters. The summed E-state index contributed by atoms with van der Waals surface area (Å²) in [6.07, 6.45) is 1.37. The molecule has 1 aromatic carbocycles. The van der Waals surface area contributed by atoms with Crippen molar-refractivity contribution in [2.45, 2.75) is 49.9 Å². The van der Waals surface area contributed by atoms with E-state index in [1.165, 1.54) is 0 Å². The first-order chi connectivity index (χ1) is 16.5. The average molecular weight is 474 g/mol. The fourth-order valence-corrected chi connectivity index (χ4v) is 5.55. The Kier molecular flexibility index (Phi) is 7.06. The number of hydrogen-bond acceptors (Lipinski definition) is 7. The molecule has 186 valence electrons. The summed E-state index contributed by atoms with van der Waals surface area (Å²) in [5.41, 5.74) is 1.75. The summed E-state index contributed by atoms with van der Waals surface area (Å²) in [5.74, 6) is 0.857. The topological polar surface area (TPSA) is 101 Å². The van der Waals surface area contributed by atoms with Crippen LogP contribution in [-0.2, 0) is 19.1 Å². The SMILES string of the molecule is CN1CCN(C(=O)C[C@H]2C[C@@H]3c4cc(NC(=O)C5CCOCC5)ccc4O[C@@H]3[C@@H](CO)O2)CC1. The number of ether oxygens (including phenoxy) is 3. The first-order valence-corrected chi connectivity index (χ1v) is 12.4. The number of likely N-dealkylation sites (N-methyl/N-ethyl adjacent to an activating group) is 1. The van der Waals surface area contributed by atoms with Crippen molar-refractivity contribution in [3.8, 4) is 5.75 Å². The van der Waals surface area contributed by atoms with Gasteiger partial charge in [0, 0.05) is 62.5 Å². The van der Waals surface area contributed by atoms with E-state index >= 15 is 0 Å². The Morgan fingerprint density at radius 1 is 1.15 bits per heavy atom. The van der Waals surface area contributed by atoms with Crippen LogP contribution in [0.4, 0.5) is 5.69 Å². The number of piperazine rings is 1. The van der Waals surface area contributed by atoms with E-state index in [1.54, 1.807) is 0 Å². The number of amides is 2. The van der Waals surface area contributed by atoms with E-state index in [0.717, 1.165) is 56.0 Å². The van der Waals surface area contributed by atoms with Gasteiger partial charge in [0.05, 0.1) is 19.1 Å². The van der Waals surface area contributed by atoms with Crippen molar-refractivity contribution < 1.29 is 28.9 Å². The number of aliphatic hydroxyl groups excluding tert-OH is 1. The number of nitrogens with one attached hydrogen (secondary N) is 1. The molecule has 0 radical (unpaired) electrons. The van der Waals surface area contributed by atoms with Gasteiger partial charge in [-0.05, 0) is 44.5 Å². The van der Waals surface area contributed by atoms with Gasteiger partial charge in [0.15, 0.2) is 0 Å². The van der Waals surface area contributed by atoms with Gasteiger partial charge < -0.3 is 34.4 Å². The number of carbonyl (C=O) groups is 2. The van der Waals surface area contributed by atoms with E-state index in [9.17, 15) is 14.7 Å². The number of anilines is 1. The number of nitrogens with zero attached hydrogens (tertiary/aromatic N) is 2. The van der Waals surface area contributed by atoms with Gasteiger partial charge in [0.2, 0.25) is 11.8 Å². The highest BCUT2D eigenvalue weighted by Crippen LogP contribution is 2.47. The third kappa shape index (κ3) is 4.93. The maximum atomic E-state index is 12.9. The number of hydrogen-bond donors (Lipinski definition) is 2. The fraction of sp³-hybridized carbons (Fsp3) is 0.680. The number of rotatable bonds is 5. The molecule has 1 aromatic rings. The Balaban J connectivity index is 1.27. The highest BCUT2D eigenvalue weighted by atomic mass is 16.6. The lowest BCUT2D eigenvalue weighted by Crippen LogP contribution is -2.50. The van der Waals surface area contributed by atoms with Gasteiger partial charge >= 0.3 is 0 Å². The van der Waals surface area contributed by atoms with Crippen molar-refractivity contribution in [1.29, 1.82) is 0 Å². The Labute approximate surface area is 200 Å². The van der Waals surface area contributed by atoms with Crippen LogP contribution in [0.25, 0.3) is 0 Å². The minimum absolute atomic E-state index is 0.00567. The minimum atomic E-state index is -0.489. The molecular formula is C25H35N3O6. The predicted molar refractivity (Wildman–Crippen MR) is 125 cm³/mol. The number of benzene rings is 1. The quantitative estimate of drug-likeness (QED) is 0.663. The van der Waals surface area contributed by atoms with Crippen LogP contribution in [0.5, 0.6) is 5.75 Å². The van der Waals surface area contributed by atoms with E-state index in [-0.39, 0.29) is 42.5 Å². The summed E-state index contributed by atoms with van der Waals surface area (Å²) in [5, 5.41) is 13.0. The van der Waals surface area contributed by atoms with E-state index in [0.29, 0.717) is 26.1 Å². The molecule has 2 N–H and O–H groups in total. The largest absolute Gasteiger partial charge is 0.487 e. The van der Waals surface area contributed by atoms with E-state index in [4.69, 9.17) is 14.2 Å². The molecule has 9 heteroatoms. The van der Waals surface area contributed by atoms with E-state index < -0.39 is 6.10 Å². The molecule has 34 heavy (non-hydrogen) atoms. The Bertz CT molecular complexity index is 897. The standard InChI is InChI=1S/C25H35N3O6/c1-27-6-8-28(9-7-27)23(30)14-18-13-20-19-12-17(26-25(31)16-4-10-32-11-5-16)2-3-21(19)34-24(20)22(15-29)33-18/h2-3,12,16,18,20,22,24,29H,4-11,13-15H2,1H3,(H,26,31)/t18-,20-,22-,24+/m1/s1. The molecule has 0 spiro atoms. The maximum absolute atomic E-state index is 12.9. The molecule has 0 aromatic heterocycles. The highest BCUT2D eigenvalue weighted by Gasteiger charge is 2.46. The monoisotopic (exact) mass is 473 g/mol. The smallest absolute Gasteiger partial charge is 0.227 e. The summed E-state index contributed by atoms with van der Waals surface area (Å²) >= 11 is 0. The predicted octanol–water partition coefficient (Wildman–Crippen LogP) is 1.21. The average Bonchev–Trinajstić information content (AvgIpc) is 3.22. The number of fused-ring (bicyclic) bond motifs is 3. The Morgan fingerprint density at radius 3 is 2.65 bits per heavy atom. The normalized spacial score (nSPS) is 29.8. The summed E-state index contributed by atoms with van der Waals surface area (Å²) in [6.45, 7) is 4.31. The molecule has 3 fully saturated rings. The van der Waals surface area contributed by atoms with Crippen LogP contribution in [0, 0.1) is 5.92 Å². The third-order valence-electron chi connectivity index (χ3n) is 7.62. The molecule has 0 bridgehead atoms. The second-order valence-electron chi connectivity index (χ2n) is 9.92. The van der Waals surface area contributed by atoms with Crippen LogP contribution in [-0.4, -0.2) is 98.1 Å². The summed E-state index contributed by atoms with van der Waals surface area (Å²) in [7, 11) is 2.07. The van der Waals surface area contributed by atoms with E-state index in [2.05, 4.69) is 17.3 Å². The summed E-state index contributed by atoms with van der Waals surface area (Å²) in [4.78, 5) is 29.7. The number of carbonyl (C=O) groups excluding carboxylic acids is 2. The molecule has 0 unspecified atom stereocenters. The molecule has 3 saturated heterocycles.